The number of nitrogens with one attached hydrogen (secondary N) is 1. The van der Waals surface area contributed by atoms with E-state index >= 15 is 0 Å². The average molecular weight is 290 g/mol. The van der Waals surface area contributed by atoms with Gasteiger partial charge in [0.25, 0.3) is 11.6 Å². The number of nitro benzene ring substituents is 1. The fourth-order valence-electron chi connectivity index (χ4n) is 1.76. The number of hydrogen-bond acceptors (Lipinski definition) is 5. The Hall–Kier alpha value is -3.03. The summed E-state index contributed by atoms with van der Waals surface area (Å²) in [6.45, 7) is 1.70. The molecule has 0 saturated heterocycles. The lowest BCUT2D eigenvalue weighted by atomic mass is 10.1. The molecular weight excluding hydrogens is 279 g/mol. The number of hydrogen-bond donors (Lipinski definition) is 2. The molecule has 0 atom stereocenters. The molecule has 0 unspecified atom stereocenters. The van der Waals surface area contributed by atoms with E-state index in [4.69, 9.17) is 5.73 Å². The largest absolute Gasteiger partial charge is 0.392 e. The number of anilines is 2. The molecule has 0 aliphatic carbocycles. The van der Waals surface area contributed by atoms with Crippen molar-refractivity contribution >= 4 is 23.1 Å². The van der Waals surface area contributed by atoms with Gasteiger partial charge in [0.2, 0.25) is 0 Å². The van der Waals surface area contributed by atoms with Crippen molar-refractivity contribution in [3.63, 3.8) is 0 Å². The van der Waals surface area contributed by atoms with Crippen molar-refractivity contribution in [2.45, 2.75) is 6.92 Å². The first-order valence-electron chi connectivity index (χ1n) is 5.87. The molecule has 0 aliphatic heterocycles. The number of rotatable bonds is 3. The summed E-state index contributed by atoms with van der Waals surface area (Å²) in [5, 5.41) is 13.2. The summed E-state index contributed by atoms with van der Waals surface area (Å²) < 4.78 is 13.8. The molecule has 0 radical (unpaired) electrons. The van der Waals surface area contributed by atoms with Gasteiger partial charge in [-0.1, -0.05) is 6.07 Å². The lowest BCUT2D eigenvalue weighted by Crippen LogP contribution is -2.18. The Kier molecular flexibility index (Phi) is 3.79. The summed E-state index contributed by atoms with van der Waals surface area (Å²) in [5.74, 6) is -1.60. The van der Waals surface area contributed by atoms with Crippen molar-refractivity contribution in [3.05, 3.63) is 57.5 Å². The Labute approximate surface area is 118 Å². The molecule has 1 amide bonds. The molecule has 21 heavy (non-hydrogen) atoms. The van der Waals surface area contributed by atoms with Gasteiger partial charge in [-0.3, -0.25) is 14.9 Å². The summed E-state index contributed by atoms with van der Waals surface area (Å²) in [6.07, 6.45) is 1.45. The summed E-state index contributed by atoms with van der Waals surface area (Å²) >= 11 is 0. The summed E-state index contributed by atoms with van der Waals surface area (Å²) in [4.78, 5) is 26.0. The number of aryl methyl sites for hydroxylation is 1. The van der Waals surface area contributed by atoms with Crippen LogP contribution in [0.3, 0.4) is 0 Å². The maximum Gasteiger partial charge on any atom is 0.293 e. The first kappa shape index (κ1) is 14.4. The maximum atomic E-state index is 13.8. The zero-order chi connectivity index (χ0) is 15.6. The van der Waals surface area contributed by atoms with Crippen LogP contribution in [-0.2, 0) is 0 Å². The lowest BCUT2D eigenvalue weighted by Gasteiger charge is -2.09. The smallest absolute Gasteiger partial charge is 0.293 e. The molecule has 2 rings (SSSR count). The van der Waals surface area contributed by atoms with Crippen LogP contribution in [0.5, 0.6) is 0 Å². The number of nitro groups is 1. The third-order valence-electron chi connectivity index (χ3n) is 2.84. The van der Waals surface area contributed by atoms with E-state index in [-0.39, 0.29) is 5.82 Å². The quantitative estimate of drug-likeness (QED) is 0.511. The van der Waals surface area contributed by atoms with Gasteiger partial charge in [0.15, 0.2) is 0 Å². The van der Waals surface area contributed by atoms with Crippen molar-refractivity contribution in [1.82, 2.24) is 4.98 Å². The number of carbonyl (C=O) groups excluding carboxylic acids is 1. The predicted molar refractivity (Wildman–Crippen MR) is 74.4 cm³/mol. The Bertz CT molecular complexity index is 733. The van der Waals surface area contributed by atoms with Crippen LogP contribution in [0, 0.1) is 22.9 Å². The van der Waals surface area contributed by atoms with Crippen LogP contribution in [0.15, 0.2) is 30.5 Å². The van der Waals surface area contributed by atoms with Crippen LogP contribution in [-0.4, -0.2) is 15.8 Å². The predicted octanol–water partition coefficient (Wildman–Crippen LogP) is 2.27. The molecule has 2 aromatic rings. The molecule has 0 saturated carbocycles. The van der Waals surface area contributed by atoms with E-state index in [0.29, 0.717) is 5.56 Å². The van der Waals surface area contributed by atoms with Gasteiger partial charge in [0.1, 0.15) is 22.9 Å². The van der Waals surface area contributed by atoms with E-state index in [9.17, 15) is 19.3 Å². The van der Waals surface area contributed by atoms with Gasteiger partial charge in [-0.15, -0.1) is 0 Å². The Balaban J connectivity index is 2.42. The van der Waals surface area contributed by atoms with Crippen molar-refractivity contribution < 1.29 is 14.1 Å². The SMILES string of the molecule is Cc1cccnc1NC(=O)c1c(F)ccc([N+](=O)[O-])c1N. The molecule has 108 valence electrons. The number of nitrogens with two attached hydrogens (primary N) is 1. The molecule has 1 heterocycles. The van der Waals surface area contributed by atoms with E-state index in [2.05, 4.69) is 10.3 Å². The summed E-state index contributed by atoms with van der Waals surface area (Å²) in [6, 6.07) is 5.12. The van der Waals surface area contributed by atoms with E-state index in [1.165, 1.54) is 6.20 Å². The number of carbonyl (C=O) groups is 1. The molecule has 0 aliphatic rings. The molecule has 7 nitrogen and oxygen atoms in total. The third-order valence-corrected chi connectivity index (χ3v) is 2.84. The van der Waals surface area contributed by atoms with Crippen molar-refractivity contribution in [3.8, 4) is 0 Å². The highest BCUT2D eigenvalue weighted by Crippen LogP contribution is 2.28. The van der Waals surface area contributed by atoms with Crippen LogP contribution in [0.25, 0.3) is 0 Å². The second-order valence-electron chi connectivity index (χ2n) is 4.24. The Morgan fingerprint density at radius 2 is 2.14 bits per heavy atom. The first-order valence-corrected chi connectivity index (χ1v) is 5.87. The Morgan fingerprint density at radius 1 is 1.43 bits per heavy atom. The zero-order valence-electron chi connectivity index (χ0n) is 11.0. The van der Waals surface area contributed by atoms with Gasteiger partial charge in [0, 0.05) is 12.3 Å². The summed E-state index contributed by atoms with van der Waals surface area (Å²) in [5.41, 5.74) is 4.55. The fourth-order valence-corrected chi connectivity index (χ4v) is 1.76. The second kappa shape index (κ2) is 5.53. The topological polar surface area (TPSA) is 111 Å². The molecule has 1 aromatic carbocycles. The van der Waals surface area contributed by atoms with Gasteiger partial charge >= 0.3 is 0 Å². The molecule has 8 heteroatoms. The third kappa shape index (κ3) is 2.78. The van der Waals surface area contributed by atoms with Crippen molar-refractivity contribution in [2.75, 3.05) is 11.1 Å². The number of pyridine rings is 1. The molecule has 1 aromatic heterocycles. The van der Waals surface area contributed by atoms with Gasteiger partial charge < -0.3 is 11.1 Å². The first-order chi connectivity index (χ1) is 9.91. The van der Waals surface area contributed by atoms with Crippen molar-refractivity contribution in [1.29, 1.82) is 0 Å². The van der Waals surface area contributed by atoms with Gasteiger partial charge in [-0.2, -0.15) is 0 Å². The molecule has 0 bridgehead atoms. The standard InChI is InChI=1S/C13H11FN4O3/c1-7-3-2-6-16-12(7)17-13(19)10-8(14)4-5-9(11(10)15)18(20)21/h2-6H,15H2,1H3,(H,16,17,19). The average Bonchev–Trinajstić information content (AvgIpc) is 2.41. The minimum Gasteiger partial charge on any atom is -0.392 e. The van der Waals surface area contributed by atoms with E-state index < -0.39 is 33.6 Å². The molecule has 3 N–H and O–H groups in total. The monoisotopic (exact) mass is 290 g/mol. The number of amides is 1. The van der Waals surface area contributed by atoms with E-state index in [1.807, 2.05) is 0 Å². The van der Waals surface area contributed by atoms with E-state index in [1.54, 1.807) is 19.1 Å². The fraction of sp³-hybridized carbons (Fsp3) is 0.0769. The summed E-state index contributed by atoms with van der Waals surface area (Å²) in [7, 11) is 0. The van der Waals surface area contributed by atoms with Crippen LogP contribution >= 0.6 is 0 Å². The van der Waals surface area contributed by atoms with Gasteiger partial charge in [-0.25, -0.2) is 9.37 Å². The highest BCUT2D eigenvalue weighted by molar-refractivity contribution is 6.09. The number of nitrogen functional groups attached to an aromatic ring is 1. The highest BCUT2D eigenvalue weighted by Gasteiger charge is 2.24. The normalized spacial score (nSPS) is 10.2. The van der Waals surface area contributed by atoms with Gasteiger partial charge in [-0.05, 0) is 24.6 Å². The molecule has 0 spiro atoms. The second-order valence-corrected chi connectivity index (χ2v) is 4.24. The van der Waals surface area contributed by atoms with Crippen molar-refractivity contribution in [2.24, 2.45) is 0 Å². The molecular formula is C13H11FN4O3. The number of halogens is 1. The van der Waals surface area contributed by atoms with Crippen LogP contribution in [0.1, 0.15) is 15.9 Å². The van der Waals surface area contributed by atoms with E-state index in [0.717, 1.165) is 12.1 Å². The Morgan fingerprint density at radius 3 is 2.76 bits per heavy atom. The van der Waals surface area contributed by atoms with Gasteiger partial charge in [0.05, 0.1) is 4.92 Å². The lowest BCUT2D eigenvalue weighted by molar-refractivity contribution is -0.384. The van der Waals surface area contributed by atoms with Crippen LogP contribution in [0.2, 0.25) is 0 Å². The molecule has 0 fully saturated rings. The highest BCUT2D eigenvalue weighted by atomic mass is 19.1. The van der Waals surface area contributed by atoms with Crippen LogP contribution < -0.4 is 11.1 Å². The number of nitrogens with zero attached hydrogens (tertiary/aromatic N) is 2. The minimum absolute atomic E-state index is 0.229. The zero-order valence-corrected chi connectivity index (χ0v) is 11.0. The number of aromatic nitrogens is 1. The maximum absolute atomic E-state index is 13.8. The number of benzene rings is 1. The minimum atomic E-state index is -0.941. The van der Waals surface area contributed by atoms with Crippen LogP contribution in [0.4, 0.5) is 21.6 Å².